The monoisotopic (exact) mass is 299 g/mol. The van der Waals surface area contributed by atoms with Crippen LogP contribution in [0, 0.1) is 10.1 Å². The van der Waals surface area contributed by atoms with E-state index in [9.17, 15) is 36.9 Å². The van der Waals surface area contributed by atoms with Gasteiger partial charge in [-0.05, 0) is 13.0 Å². The number of alkyl halides is 5. The number of carbonyl (C=O) groups is 1. The summed E-state index contributed by atoms with van der Waals surface area (Å²) < 4.78 is 66.2. The molecule has 0 N–H and O–H groups in total. The van der Waals surface area contributed by atoms with Crippen LogP contribution in [0.25, 0.3) is 0 Å². The van der Waals surface area contributed by atoms with E-state index in [0.717, 1.165) is 0 Å². The Morgan fingerprint density at radius 2 is 1.90 bits per heavy atom. The Bertz CT molecular complexity index is 555. The topological polar surface area (TPSA) is 69.4 Å². The molecule has 0 saturated heterocycles. The Hall–Kier alpha value is -2.26. The maximum atomic E-state index is 12.7. The average Bonchev–Trinajstić information content (AvgIpc) is 2.25. The molecule has 0 aromatic heterocycles. The van der Waals surface area contributed by atoms with Crippen LogP contribution in [0.4, 0.5) is 27.6 Å². The molecule has 10 heteroatoms. The maximum Gasteiger partial charge on any atom is 0.417 e. The third kappa shape index (κ3) is 3.19. The molecular weight excluding hydrogens is 293 g/mol. The second-order valence-electron chi connectivity index (χ2n) is 3.53. The van der Waals surface area contributed by atoms with Crippen LogP contribution < -0.4 is 4.74 Å². The van der Waals surface area contributed by atoms with Crippen LogP contribution in [0.5, 0.6) is 5.75 Å². The van der Waals surface area contributed by atoms with Gasteiger partial charge in [0.2, 0.25) is 5.75 Å². The van der Waals surface area contributed by atoms with Gasteiger partial charge in [-0.15, -0.1) is 0 Å². The van der Waals surface area contributed by atoms with E-state index in [1.807, 2.05) is 0 Å². The van der Waals surface area contributed by atoms with Crippen LogP contribution in [-0.2, 0) is 6.18 Å². The molecule has 0 bridgehead atoms. The van der Waals surface area contributed by atoms with Gasteiger partial charge < -0.3 is 4.74 Å². The lowest BCUT2D eigenvalue weighted by Crippen LogP contribution is -2.16. The molecule has 0 radical (unpaired) electrons. The molecule has 0 amide bonds. The lowest BCUT2D eigenvalue weighted by molar-refractivity contribution is -0.386. The van der Waals surface area contributed by atoms with Gasteiger partial charge in [-0.25, -0.2) is 0 Å². The summed E-state index contributed by atoms with van der Waals surface area (Å²) >= 11 is 0. The molecule has 0 aliphatic carbocycles. The summed E-state index contributed by atoms with van der Waals surface area (Å²) in [5, 5.41) is 10.6. The lowest BCUT2D eigenvalue weighted by atomic mass is 10.0. The second kappa shape index (κ2) is 5.39. The smallest absolute Gasteiger partial charge is 0.417 e. The minimum absolute atomic E-state index is 0.271. The van der Waals surface area contributed by atoms with E-state index in [0.29, 0.717) is 13.0 Å². The number of Topliss-reactive ketones (excluding diaryl/α,β-unsaturated/α-hetero) is 1. The number of rotatable bonds is 4. The van der Waals surface area contributed by atoms with Crippen LogP contribution in [0.3, 0.4) is 0 Å². The Morgan fingerprint density at radius 1 is 1.35 bits per heavy atom. The molecule has 0 heterocycles. The predicted molar refractivity (Wildman–Crippen MR) is 54.7 cm³/mol. The van der Waals surface area contributed by atoms with E-state index in [1.54, 1.807) is 0 Å². The fourth-order valence-electron chi connectivity index (χ4n) is 1.51. The highest BCUT2D eigenvalue weighted by atomic mass is 19.4. The number of ether oxygens (including phenoxy) is 1. The first-order valence-corrected chi connectivity index (χ1v) is 4.90. The van der Waals surface area contributed by atoms with Gasteiger partial charge in [0.25, 0.3) is 0 Å². The third-order valence-corrected chi connectivity index (χ3v) is 2.20. The van der Waals surface area contributed by atoms with Crippen molar-refractivity contribution in [3.63, 3.8) is 0 Å². The summed E-state index contributed by atoms with van der Waals surface area (Å²) in [4.78, 5) is 20.7. The van der Waals surface area contributed by atoms with Crippen molar-refractivity contribution >= 4 is 11.5 Å². The first-order chi connectivity index (χ1) is 9.05. The van der Waals surface area contributed by atoms with E-state index in [2.05, 4.69) is 4.74 Å². The van der Waals surface area contributed by atoms with Crippen molar-refractivity contribution in [2.75, 3.05) is 0 Å². The fourth-order valence-corrected chi connectivity index (χ4v) is 1.51. The summed E-state index contributed by atoms with van der Waals surface area (Å²) in [6, 6.07) is 0.625. The van der Waals surface area contributed by atoms with Gasteiger partial charge in [0.15, 0.2) is 5.78 Å². The molecule has 1 aromatic rings. The zero-order valence-corrected chi connectivity index (χ0v) is 9.70. The highest BCUT2D eigenvalue weighted by molar-refractivity contribution is 6.00. The van der Waals surface area contributed by atoms with Crippen LogP contribution in [0.1, 0.15) is 22.8 Å². The molecule has 20 heavy (non-hydrogen) atoms. The molecule has 5 nitrogen and oxygen atoms in total. The van der Waals surface area contributed by atoms with Gasteiger partial charge in [0.1, 0.15) is 0 Å². The highest BCUT2D eigenvalue weighted by Gasteiger charge is 2.39. The van der Waals surface area contributed by atoms with Crippen molar-refractivity contribution in [3.8, 4) is 5.75 Å². The maximum absolute atomic E-state index is 12.7. The minimum Gasteiger partial charge on any atom is -0.427 e. The lowest BCUT2D eigenvalue weighted by Gasteiger charge is -2.15. The predicted octanol–water partition coefficient (Wildman–Crippen LogP) is 3.42. The minimum atomic E-state index is -5.05. The number of halogens is 5. The fraction of sp³-hybridized carbons (Fsp3) is 0.300. The van der Waals surface area contributed by atoms with Gasteiger partial charge in [0, 0.05) is 6.07 Å². The zero-order chi connectivity index (χ0) is 15.7. The van der Waals surface area contributed by atoms with E-state index in [4.69, 9.17) is 0 Å². The zero-order valence-electron chi connectivity index (χ0n) is 9.70. The summed E-state index contributed by atoms with van der Waals surface area (Å²) in [6.45, 7) is -2.96. The Labute approximate surface area is 108 Å². The van der Waals surface area contributed by atoms with Crippen LogP contribution >= 0.6 is 0 Å². The van der Waals surface area contributed by atoms with Crippen molar-refractivity contribution in [2.45, 2.75) is 19.7 Å². The second-order valence-corrected chi connectivity index (χ2v) is 3.53. The number of nitro groups is 1. The van der Waals surface area contributed by atoms with Crippen molar-refractivity contribution in [1.29, 1.82) is 0 Å². The van der Waals surface area contributed by atoms with Crippen LogP contribution in [-0.4, -0.2) is 17.3 Å². The average molecular weight is 299 g/mol. The van der Waals surface area contributed by atoms with E-state index < -0.39 is 46.1 Å². The van der Waals surface area contributed by atoms with Gasteiger partial charge in [-0.3, -0.25) is 14.9 Å². The third-order valence-electron chi connectivity index (χ3n) is 2.20. The Balaban J connectivity index is 3.70. The number of ketones is 1. The standard InChI is InChI=1S/C10H6F5NO4/c1-4(17)7-5(10(13,14)15)2-3-6(16(18)19)8(7)20-9(11)12/h2-3,9H,1H3. The molecule has 0 spiro atoms. The van der Waals surface area contributed by atoms with Gasteiger partial charge >= 0.3 is 18.5 Å². The normalized spacial score (nSPS) is 11.6. The number of hydrogen-bond donors (Lipinski definition) is 0. The number of hydrogen-bond acceptors (Lipinski definition) is 4. The quantitative estimate of drug-likeness (QED) is 0.370. The number of nitrogens with zero attached hydrogens (tertiary/aromatic N) is 1. The molecule has 1 rings (SSSR count). The van der Waals surface area contributed by atoms with Crippen molar-refractivity contribution in [3.05, 3.63) is 33.4 Å². The van der Waals surface area contributed by atoms with Gasteiger partial charge in [-0.2, -0.15) is 22.0 Å². The molecule has 0 fully saturated rings. The molecule has 0 aliphatic rings. The number of nitro benzene ring substituents is 1. The summed E-state index contributed by atoms with van der Waals surface area (Å²) in [7, 11) is 0. The number of carbonyl (C=O) groups excluding carboxylic acids is 1. The molecule has 1 aromatic carbocycles. The van der Waals surface area contributed by atoms with E-state index >= 15 is 0 Å². The molecule has 0 aliphatic heterocycles. The summed E-state index contributed by atoms with van der Waals surface area (Å²) in [6.07, 6.45) is -5.05. The summed E-state index contributed by atoms with van der Waals surface area (Å²) in [5.41, 5.74) is -4.03. The molecule has 0 atom stereocenters. The molecule has 0 saturated carbocycles. The van der Waals surface area contributed by atoms with Gasteiger partial charge in [0.05, 0.1) is 16.1 Å². The highest BCUT2D eigenvalue weighted by Crippen LogP contribution is 2.41. The largest absolute Gasteiger partial charge is 0.427 e. The Kier molecular flexibility index (Phi) is 4.26. The van der Waals surface area contributed by atoms with Crippen molar-refractivity contribution in [2.24, 2.45) is 0 Å². The number of benzene rings is 1. The Morgan fingerprint density at radius 3 is 2.25 bits per heavy atom. The first kappa shape index (κ1) is 15.8. The van der Waals surface area contributed by atoms with Gasteiger partial charge in [-0.1, -0.05) is 0 Å². The van der Waals surface area contributed by atoms with E-state index in [-0.39, 0.29) is 6.07 Å². The van der Waals surface area contributed by atoms with Crippen molar-refractivity contribution < 1.29 is 36.4 Å². The van der Waals surface area contributed by atoms with Crippen LogP contribution in [0.2, 0.25) is 0 Å². The summed E-state index contributed by atoms with van der Waals surface area (Å²) in [5.74, 6) is -2.68. The molecular formula is C10H6F5NO4. The molecule has 110 valence electrons. The first-order valence-electron chi connectivity index (χ1n) is 4.90. The van der Waals surface area contributed by atoms with E-state index in [1.165, 1.54) is 0 Å². The van der Waals surface area contributed by atoms with Crippen molar-refractivity contribution in [1.82, 2.24) is 0 Å². The SMILES string of the molecule is CC(=O)c1c(C(F)(F)F)ccc([N+](=O)[O-])c1OC(F)F. The van der Waals surface area contributed by atoms with Crippen LogP contribution in [0.15, 0.2) is 12.1 Å². The molecule has 0 unspecified atom stereocenters.